The predicted octanol–water partition coefficient (Wildman–Crippen LogP) is 4.05. The van der Waals surface area contributed by atoms with E-state index in [9.17, 15) is 22.8 Å². The van der Waals surface area contributed by atoms with Gasteiger partial charge in [-0.25, -0.2) is 4.68 Å². The Kier molecular flexibility index (Phi) is 6.84. The van der Waals surface area contributed by atoms with Crippen LogP contribution < -0.4 is 16.0 Å². The molecule has 0 bridgehead atoms. The predicted molar refractivity (Wildman–Crippen MR) is 126 cm³/mol. The van der Waals surface area contributed by atoms with Gasteiger partial charge >= 0.3 is 6.18 Å². The van der Waals surface area contributed by atoms with E-state index in [0.29, 0.717) is 0 Å². The number of ether oxygens (including phenoxy) is 1. The molecular formula is C24H19ClF3N5O3. The maximum absolute atomic E-state index is 13.2. The highest BCUT2D eigenvalue weighted by Gasteiger charge is 2.35. The molecule has 36 heavy (non-hydrogen) atoms. The number of carbonyl (C=O) groups is 1. The summed E-state index contributed by atoms with van der Waals surface area (Å²) in [6.07, 6.45) is -2.46. The van der Waals surface area contributed by atoms with Crippen molar-refractivity contribution in [3.8, 4) is 22.6 Å². The van der Waals surface area contributed by atoms with E-state index < -0.39 is 29.4 Å². The Morgan fingerprint density at radius 3 is 2.44 bits per heavy atom. The van der Waals surface area contributed by atoms with E-state index >= 15 is 0 Å². The molecule has 0 aliphatic carbocycles. The molecule has 0 fully saturated rings. The third kappa shape index (κ3) is 5.10. The summed E-state index contributed by atoms with van der Waals surface area (Å²) in [6, 6.07) is 13.6. The zero-order valence-corrected chi connectivity index (χ0v) is 19.5. The second kappa shape index (κ2) is 9.86. The molecule has 2 aromatic heterocycles. The van der Waals surface area contributed by atoms with Crippen molar-refractivity contribution in [1.29, 1.82) is 0 Å². The molecule has 8 nitrogen and oxygen atoms in total. The first kappa shape index (κ1) is 25.0. The van der Waals surface area contributed by atoms with Crippen LogP contribution in [0.3, 0.4) is 0 Å². The lowest BCUT2D eigenvalue weighted by Gasteiger charge is -2.20. The Bertz CT molecular complexity index is 1470. The van der Waals surface area contributed by atoms with Gasteiger partial charge in [-0.15, -0.1) is 5.10 Å². The molecule has 0 aliphatic rings. The van der Waals surface area contributed by atoms with Gasteiger partial charge in [0, 0.05) is 28.6 Å². The van der Waals surface area contributed by atoms with Gasteiger partial charge in [-0.05, 0) is 23.8 Å². The van der Waals surface area contributed by atoms with Gasteiger partial charge in [-0.2, -0.15) is 13.2 Å². The third-order valence-electron chi connectivity index (χ3n) is 5.48. The standard InChI is InChI=1S/C24H19ClF3N5O3/c1-36-20-12-32(19(23(29)35)9-14-5-3-2-4-6-14)22(34)11-17(20)16-10-15(25)7-8-18(16)33-13-21(30-31-33)24(26,27)28/h2-8,10-13,19H,9H2,1H3,(H2,29,35). The highest BCUT2D eigenvalue weighted by atomic mass is 35.5. The number of methoxy groups -OCH3 is 1. The van der Waals surface area contributed by atoms with Crippen LogP contribution in [0.4, 0.5) is 13.2 Å². The molecule has 1 unspecified atom stereocenters. The summed E-state index contributed by atoms with van der Waals surface area (Å²) in [5.74, 6) is -0.560. The number of pyridine rings is 1. The summed E-state index contributed by atoms with van der Waals surface area (Å²) in [5.41, 5.74) is 5.31. The highest BCUT2D eigenvalue weighted by Crippen LogP contribution is 2.36. The second-order valence-corrected chi connectivity index (χ2v) is 8.25. The summed E-state index contributed by atoms with van der Waals surface area (Å²) in [4.78, 5) is 25.4. The lowest BCUT2D eigenvalue weighted by molar-refractivity contribution is -0.141. The van der Waals surface area contributed by atoms with Crippen molar-refractivity contribution >= 4 is 17.5 Å². The Balaban J connectivity index is 1.84. The zero-order chi connectivity index (χ0) is 26.0. The van der Waals surface area contributed by atoms with E-state index in [0.717, 1.165) is 16.4 Å². The molecule has 2 heterocycles. The van der Waals surface area contributed by atoms with E-state index in [1.165, 1.54) is 42.1 Å². The van der Waals surface area contributed by atoms with Gasteiger partial charge < -0.3 is 10.5 Å². The van der Waals surface area contributed by atoms with Crippen LogP contribution in [0.25, 0.3) is 16.8 Å². The quantitative estimate of drug-likeness (QED) is 0.398. The van der Waals surface area contributed by atoms with Crippen LogP contribution in [0.2, 0.25) is 5.02 Å². The van der Waals surface area contributed by atoms with Gasteiger partial charge in [-0.1, -0.05) is 47.1 Å². The van der Waals surface area contributed by atoms with E-state index in [1.807, 2.05) is 6.07 Å². The van der Waals surface area contributed by atoms with Crippen molar-refractivity contribution < 1.29 is 22.7 Å². The highest BCUT2D eigenvalue weighted by molar-refractivity contribution is 6.31. The molecule has 4 aromatic rings. The van der Waals surface area contributed by atoms with Crippen LogP contribution in [0.15, 0.2) is 71.8 Å². The van der Waals surface area contributed by atoms with Gasteiger partial charge in [0.15, 0.2) is 5.69 Å². The molecule has 0 spiro atoms. The molecule has 0 saturated carbocycles. The van der Waals surface area contributed by atoms with Crippen molar-refractivity contribution in [2.75, 3.05) is 7.11 Å². The molecular weight excluding hydrogens is 499 g/mol. The Hall–Kier alpha value is -4.12. The van der Waals surface area contributed by atoms with Crippen molar-refractivity contribution in [1.82, 2.24) is 19.6 Å². The Morgan fingerprint density at radius 2 is 1.83 bits per heavy atom. The van der Waals surface area contributed by atoms with Gasteiger partial charge in [0.25, 0.3) is 5.56 Å². The molecule has 0 aliphatic heterocycles. The number of rotatable bonds is 7. The van der Waals surface area contributed by atoms with Gasteiger partial charge in [0.1, 0.15) is 11.8 Å². The number of aromatic nitrogens is 4. The van der Waals surface area contributed by atoms with Gasteiger partial charge in [-0.3, -0.25) is 14.2 Å². The number of nitrogens with zero attached hydrogens (tertiary/aromatic N) is 4. The largest absolute Gasteiger partial charge is 0.495 e. The van der Waals surface area contributed by atoms with Crippen LogP contribution >= 0.6 is 11.6 Å². The lowest BCUT2D eigenvalue weighted by Crippen LogP contribution is -2.35. The fourth-order valence-corrected chi connectivity index (χ4v) is 3.93. The second-order valence-electron chi connectivity index (χ2n) is 7.82. The van der Waals surface area contributed by atoms with E-state index in [-0.39, 0.29) is 34.0 Å². The van der Waals surface area contributed by atoms with Crippen LogP contribution in [-0.2, 0) is 17.4 Å². The first-order chi connectivity index (χ1) is 17.1. The summed E-state index contributed by atoms with van der Waals surface area (Å²) in [5, 5.41) is 7.02. The van der Waals surface area contributed by atoms with E-state index in [4.69, 9.17) is 22.1 Å². The Labute approximate surface area is 207 Å². The van der Waals surface area contributed by atoms with Crippen molar-refractivity contribution in [2.24, 2.45) is 5.73 Å². The maximum atomic E-state index is 13.2. The number of hydrogen-bond acceptors (Lipinski definition) is 5. The fourth-order valence-electron chi connectivity index (χ4n) is 3.75. The summed E-state index contributed by atoms with van der Waals surface area (Å²) >= 11 is 6.17. The van der Waals surface area contributed by atoms with E-state index in [1.54, 1.807) is 24.3 Å². The van der Waals surface area contributed by atoms with Crippen molar-refractivity contribution in [3.05, 3.63) is 93.6 Å². The number of carbonyl (C=O) groups excluding carboxylic acids is 1. The third-order valence-corrected chi connectivity index (χ3v) is 5.71. The minimum Gasteiger partial charge on any atom is -0.495 e. The fraction of sp³-hybridized carbons (Fsp3) is 0.167. The maximum Gasteiger partial charge on any atom is 0.436 e. The molecule has 2 N–H and O–H groups in total. The average molecular weight is 518 g/mol. The Morgan fingerprint density at radius 1 is 1.11 bits per heavy atom. The number of amides is 1. The first-order valence-corrected chi connectivity index (χ1v) is 10.9. The first-order valence-electron chi connectivity index (χ1n) is 10.5. The lowest BCUT2D eigenvalue weighted by atomic mass is 10.0. The molecule has 12 heteroatoms. The number of hydrogen-bond donors (Lipinski definition) is 1. The van der Waals surface area contributed by atoms with Crippen LogP contribution in [0.5, 0.6) is 5.75 Å². The molecule has 2 aromatic carbocycles. The molecule has 186 valence electrons. The molecule has 1 amide bonds. The number of alkyl halides is 3. The van der Waals surface area contributed by atoms with Crippen LogP contribution in [0, 0.1) is 0 Å². The number of halogens is 4. The zero-order valence-electron chi connectivity index (χ0n) is 18.7. The summed E-state index contributed by atoms with van der Waals surface area (Å²) < 4.78 is 46.8. The molecule has 4 rings (SSSR count). The van der Waals surface area contributed by atoms with Crippen molar-refractivity contribution in [3.63, 3.8) is 0 Å². The smallest absolute Gasteiger partial charge is 0.436 e. The van der Waals surface area contributed by atoms with Gasteiger partial charge in [0.2, 0.25) is 5.91 Å². The molecule has 0 radical (unpaired) electrons. The van der Waals surface area contributed by atoms with Gasteiger partial charge in [0.05, 0.1) is 25.2 Å². The molecule has 0 saturated heterocycles. The number of benzene rings is 2. The minimum atomic E-state index is -4.69. The number of primary amides is 1. The normalized spacial score (nSPS) is 12.4. The molecule has 1 atom stereocenters. The SMILES string of the molecule is COc1cn(C(Cc2ccccc2)C(N)=O)c(=O)cc1-c1cc(Cl)ccc1-n1cc(C(F)(F)F)nn1. The van der Waals surface area contributed by atoms with E-state index in [2.05, 4.69) is 10.3 Å². The summed E-state index contributed by atoms with van der Waals surface area (Å²) in [6.45, 7) is 0. The van der Waals surface area contributed by atoms with Crippen LogP contribution in [0.1, 0.15) is 17.3 Å². The monoisotopic (exact) mass is 517 g/mol. The topological polar surface area (TPSA) is 105 Å². The minimum absolute atomic E-state index is 0.161. The van der Waals surface area contributed by atoms with Crippen molar-refractivity contribution in [2.45, 2.75) is 18.6 Å². The summed E-state index contributed by atoms with van der Waals surface area (Å²) in [7, 11) is 1.35. The average Bonchev–Trinajstić information content (AvgIpc) is 3.34. The van der Waals surface area contributed by atoms with Crippen LogP contribution in [-0.4, -0.2) is 32.6 Å². The number of nitrogens with two attached hydrogens (primary N) is 1.